The summed E-state index contributed by atoms with van der Waals surface area (Å²) < 4.78 is 0. The lowest BCUT2D eigenvalue weighted by atomic mass is 9.98. The molecule has 0 bridgehead atoms. The van der Waals surface area contributed by atoms with E-state index >= 15 is 0 Å². The predicted octanol–water partition coefficient (Wildman–Crippen LogP) is 1.68. The normalized spacial score (nSPS) is 21.3. The largest absolute Gasteiger partial charge is 0.389 e. The first-order valence-electron chi connectivity index (χ1n) is 6.47. The molecule has 1 unspecified atom stereocenters. The number of nitrogens with one attached hydrogen (secondary N) is 2. The molecule has 1 aliphatic heterocycles. The second kappa shape index (κ2) is 5.98. The van der Waals surface area contributed by atoms with E-state index in [1.165, 1.54) is 0 Å². The van der Waals surface area contributed by atoms with Crippen LogP contribution in [-0.4, -0.2) is 24.1 Å². The van der Waals surface area contributed by atoms with Crippen LogP contribution in [0.1, 0.15) is 31.4 Å². The number of aliphatic hydroxyl groups excluding tert-OH is 1. The van der Waals surface area contributed by atoms with E-state index in [0.717, 1.165) is 31.5 Å². The van der Waals surface area contributed by atoms with Crippen molar-refractivity contribution in [2.75, 3.05) is 18.4 Å². The van der Waals surface area contributed by atoms with Gasteiger partial charge in [0.15, 0.2) is 0 Å². The van der Waals surface area contributed by atoms with E-state index in [-0.39, 0.29) is 11.8 Å². The van der Waals surface area contributed by atoms with Gasteiger partial charge in [-0.05, 0) is 32.4 Å². The van der Waals surface area contributed by atoms with Crippen LogP contribution in [0.4, 0.5) is 5.69 Å². The number of piperidine rings is 1. The van der Waals surface area contributed by atoms with Crippen molar-refractivity contribution in [3.63, 3.8) is 0 Å². The number of anilines is 1. The van der Waals surface area contributed by atoms with Gasteiger partial charge in [0.25, 0.3) is 0 Å². The van der Waals surface area contributed by atoms with Gasteiger partial charge in [0.05, 0.1) is 12.0 Å². The first-order valence-corrected chi connectivity index (χ1v) is 6.47. The lowest BCUT2D eigenvalue weighted by molar-refractivity contribution is -0.120. The number of hydrogen-bond donors (Lipinski definition) is 3. The van der Waals surface area contributed by atoms with Gasteiger partial charge in [0, 0.05) is 17.8 Å². The zero-order valence-electron chi connectivity index (χ0n) is 10.6. The van der Waals surface area contributed by atoms with Crippen molar-refractivity contribution >= 4 is 11.6 Å². The Morgan fingerprint density at radius 3 is 2.94 bits per heavy atom. The predicted molar refractivity (Wildman–Crippen MR) is 71.3 cm³/mol. The Kier molecular flexibility index (Phi) is 4.33. The number of carbonyl (C=O) groups excluding carboxylic acids is 1. The molecule has 18 heavy (non-hydrogen) atoms. The van der Waals surface area contributed by atoms with Crippen molar-refractivity contribution in [3.05, 3.63) is 29.8 Å². The molecule has 0 spiro atoms. The fraction of sp³-hybridized carbons (Fsp3) is 0.500. The summed E-state index contributed by atoms with van der Waals surface area (Å²) in [7, 11) is 0. The fourth-order valence-corrected chi connectivity index (χ4v) is 2.29. The third-order valence-electron chi connectivity index (χ3n) is 3.34. The van der Waals surface area contributed by atoms with Crippen LogP contribution in [0.2, 0.25) is 0 Å². The average molecular weight is 248 g/mol. The van der Waals surface area contributed by atoms with E-state index in [1.807, 2.05) is 24.3 Å². The van der Waals surface area contributed by atoms with Gasteiger partial charge in [-0.3, -0.25) is 4.79 Å². The van der Waals surface area contributed by atoms with E-state index in [9.17, 15) is 9.90 Å². The highest BCUT2D eigenvalue weighted by Crippen LogP contribution is 2.23. The minimum Gasteiger partial charge on any atom is -0.389 e. The first kappa shape index (κ1) is 13.1. The number of rotatable bonds is 3. The Morgan fingerprint density at radius 2 is 2.28 bits per heavy atom. The van der Waals surface area contributed by atoms with Crippen molar-refractivity contribution in [2.45, 2.75) is 25.9 Å². The Labute approximate surface area is 107 Å². The van der Waals surface area contributed by atoms with E-state index in [1.54, 1.807) is 6.92 Å². The fourth-order valence-electron chi connectivity index (χ4n) is 2.29. The summed E-state index contributed by atoms with van der Waals surface area (Å²) in [6, 6.07) is 7.39. The molecule has 0 aromatic heterocycles. The molecule has 0 saturated carbocycles. The van der Waals surface area contributed by atoms with Gasteiger partial charge in [-0.25, -0.2) is 0 Å². The molecule has 4 heteroatoms. The van der Waals surface area contributed by atoms with E-state index in [2.05, 4.69) is 10.6 Å². The number of para-hydroxylation sites is 1. The van der Waals surface area contributed by atoms with Crippen LogP contribution >= 0.6 is 0 Å². The molecule has 2 atom stereocenters. The third kappa shape index (κ3) is 3.09. The average Bonchev–Trinajstić information content (AvgIpc) is 2.40. The third-order valence-corrected chi connectivity index (χ3v) is 3.34. The quantitative estimate of drug-likeness (QED) is 0.762. The van der Waals surface area contributed by atoms with Gasteiger partial charge in [0.2, 0.25) is 5.91 Å². The standard InChI is InChI=1S/C14H20N2O2/c1-10(17)12-6-2-3-7-13(12)16-14(18)11-5-4-8-15-9-11/h2-3,6-7,10-11,15,17H,4-5,8-9H2,1H3,(H,16,18)/t10?,11-/m1/s1. The summed E-state index contributed by atoms with van der Waals surface area (Å²) in [6.45, 7) is 3.43. The van der Waals surface area contributed by atoms with Crippen LogP contribution < -0.4 is 10.6 Å². The highest BCUT2D eigenvalue weighted by Gasteiger charge is 2.21. The molecule has 4 nitrogen and oxygen atoms in total. The van der Waals surface area contributed by atoms with Crippen LogP contribution in [0.15, 0.2) is 24.3 Å². The van der Waals surface area contributed by atoms with Gasteiger partial charge in [-0.15, -0.1) is 0 Å². The SMILES string of the molecule is CC(O)c1ccccc1NC(=O)[C@@H]1CCCNC1. The molecule has 1 saturated heterocycles. The summed E-state index contributed by atoms with van der Waals surface area (Å²) in [6.07, 6.45) is 1.39. The van der Waals surface area contributed by atoms with Crippen molar-refractivity contribution < 1.29 is 9.90 Å². The molecule has 1 aromatic carbocycles. The Hall–Kier alpha value is -1.39. The maximum atomic E-state index is 12.1. The highest BCUT2D eigenvalue weighted by molar-refractivity contribution is 5.93. The Balaban J connectivity index is 2.06. The Morgan fingerprint density at radius 1 is 1.50 bits per heavy atom. The lowest BCUT2D eigenvalue weighted by Crippen LogP contribution is -2.37. The molecule has 1 aromatic rings. The second-order valence-electron chi connectivity index (χ2n) is 4.80. The van der Waals surface area contributed by atoms with Gasteiger partial charge < -0.3 is 15.7 Å². The summed E-state index contributed by atoms with van der Waals surface area (Å²) in [5.74, 6) is 0.0658. The molecule has 2 rings (SSSR count). The molecule has 3 N–H and O–H groups in total. The van der Waals surface area contributed by atoms with E-state index in [0.29, 0.717) is 5.69 Å². The summed E-state index contributed by atoms with van der Waals surface area (Å²) >= 11 is 0. The molecule has 1 fully saturated rings. The summed E-state index contributed by atoms with van der Waals surface area (Å²) in [4.78, 5) is 12.1. The number of amides is 1. The summed E-state index contributed by atoms with van der Waals surface area (Å²) in [5, 5.41) is 15.8. The molecule has 1 amide bonds. The smallest absolute Gasteiger partial charge is 0.228 e. The highest BCUT2D eigenvalue weighted by atomic mass is 16.3. The van der Waals surface area contributed by atoms with Crippen molar-refractivity contribution in [2.24, 2.45) is 5.92 Å². The number of aliphatic hydroxyl groups is 1. The van der Waals surface area contributed by atoms with Gasteiger partial charge in [-0.2, -0.15) is 0 Å². The van der Waals surface area contributed by atoms with Crippen LogP contribution in [0.5, 0.6) is 0 Å². The van der Waals surface area contributed by atoms with Crippen LogP contribution in [-0.2, 0) is 4.79 Å². The molecule has 0 radical (unpaired) electrons. The molecule has 1 aliphatic rings. The van der Waals surface area contributed by atoms with Crippen molar-refractivity contribution in [1.29, 1.82) is 0 Å². The first-order chi connectivity index (χ1) is 8.68. The molecular formula is C14H20N2O2. The van der Waals surface area contributed by atoms with E-state index in [4.69, 9.17) is 0 Å². The van der Waals surface area contributed by atoms with Crippen LogP contribution in [0.25, 0.3) is 0 Å². The zero-order chi connectivity index (χ0) is 13.0. The lowest BCUT2D eigenvalue weighted by Gasteiger charge is -2.22. The second-order valence-corrected chi connectivity index (χ2v) is 4.80. The van der Waals surface area contributed by atoms with Gasteiger partial charge in [0.1, 0.15) is 0 Å². The maximum Gasteiger partial charge on any atom is 0.228 e. The minimum atomic E-state index is -0.578. The minimum absolute atomic E-state index is 0.0285. The van der Waals surface area contributed by atoms with Gasteiger partial charge >= 0.3 is 0 Å². The van der Waals surface area contributed by atoms with Crippen LogP contribution in [0, 0.1) is 5.92 Å². The number of hydrogen-bond acceptors (Lipinski definition) is 3. The molecular weight excluding hydrogens is 228 g/mol. The van der Waals surface area contributed by atoms with Gasteiger partial charge in [-0.1, -0.05) is 18.2 Å². The monoisotopic (exact) mass is 248 g/mol. The Bertz CT molecular complexity index is 412. The van der Waals surface area contributed by atoms with Crippen LogP contribution in [0.3, 0.4) is 0 Å². The number of benzene rings is 1. The number of carbonyl (C=O) groups is 1. The molecule has 98 valence electrons. The topological polar surface area (TPSA) is 61.4 Å². The zero-order valence-corrected chi connectivity index (χ0v) is 10.6. The van der Waals surface area contributed by atoms with Crippen molar-refractivity contribution in [3.8, 4) is 0 Å². The van der Waals surface area contributed by atoms with Crippen molar-refractivity contribution in [1.82, 2.24) is 5.32 Å². The molecule has 1 heterocycles. The van der Waals surface area contributed by atoms with E-state index < -0.39 is 6.10 Å². The maximum absolute atomic E-state index is 12.1. The summed E-state index contributed by atoms with van der Waals surface area (Å²) in [5.41, 5.74) is 1.47. The molecule has 0 aliphatic carbocycles.